The highest BCUT2D eigenvalue weighted by Gasteiger charge is 2.03. The number of nitrogens with zero attached hydrogens (tertiary/aromatic N) is 1. The van der Waals surface area contributed by atoms with Crippen molar-refractivity contribution in [3.63, 3.8) is 0 Å². The molecular formula is C15H11F3N2O2. The molecule has 1 amide bonds. The molecule has 0 fully saturated rings. The highest BCUT2D eigenvalue weighted by atomic mass is 19.1. The summed E-state index contributed by atoms with van der Waals surface area (Å²) in [5, 5.41) is 3.52. The number of nitrogens with one attached hydrogen (secondary N) is 1. The number of carbonyl (C=O) groups is 1. The van der Waals surface area contributed by atoms with Crippen molar-refractivity contribution in [1.29, 1.82) is 0 Å². The first-order valence-electron chi connectivity index (χ1n) is 6.20. The van der Waals surface area contributed by atoms with E-state index in [4.69, 9.17) is 4.74 Å². The van der Waals surface area contributed by atoms with Gasteiger partial charge in [0.2, 0.25) is 0 Å². The molecule has 0 aromatic heterocycles. The normalized spacial score (nSPS) is 10.7. The molecule has 0 heterocycles. The van der Waals surface area contributed by atoms with E-state index in [9.17, 15) is 18.0 Å². The summed E-state index contributed by atoms with van der Waals surface area (Å²) in [5.74, 6) is -2.40. The van der Waals surface area contributed by atoms with Crippen LogP contribution in [-0.4, -0.2) is 18.7 Å². The summed E-state index contributed by atoms with van der Waals surface area (Å²) in [6.07, 6.45) is 1.04. The SMILES string of the molecule is O=C(COc1cccc(F)c1)N/N=C\c1ccc(F)cc1F. The van der Waals surface area contributed by atoms with Crippen LogP contribution >= 0.6 is 0 Å². The lowest BCUT2D eigenvalue weighted by Gasteiger charge is -2.04. The summed E-state index contributed by atoms with van der Waals surface area (Å²) in [7, 11) is 0. The molecule has 0 spiro atoms. The molecule has 22 heavy (non-hydrogen) atoms. The van der Waals surface area contributed by atoms with Gasteiger partial charge in [-0.2, -0.15) is 5.10 Å². The Bertz CT molecular complexity index is 705. The third-order valence-corrected chi connectivity index (χ3v) is 2.52. The van der Waals surface area contributed by atoms with Crippen molar-refractivity contribution >= 4 is 12.1 Å². The summed E-state index contributed by atoms with van der Waals surface area (Å²) >= 11 is 0. The lowest BCUT2D eigenvalue weighted by atomic mass is 10.2. The quantitative estimate of drug-likeness (QED) is 0.682. The summed E-state index contributed by atoms with van der Waals surface area (Å²) in [4.78, 5) is 11.4. The molecule has 0 atom stereocenters. The first kappa shape index (κ1) is 15.6. The van der Waals surface area contributed by atoms with Crippen molar-refractivity contribution in [2.75, 3.05) is 6.61 Å². The Kier molecular flexibility index (Phi) is 5.13. The molecule has 2 rings (SSSR count). The minimum Gasteiger partial charge on any atom is -0.484 e. The molecule has 0 aliphatic rings. The van der Waals surface area contributed by atoms with E-state index in [2.05, 4.69) is 10.5 Å². The zero-order valence-electron chi connectivity index (χ0n) is 11.2. The Morgan fingerprint density at radius 1 is 1.14 bits per heavy atom. The van der Waals surface area contributed by atoms with E-state index >= 15 is 0 Å². The molecular weight excluding hydrogens is 297 g/mol. The van der Waals surface area contributed by atoms with Crippen molar-refractivity contribution in [1.82, 2.24) is 5.43 Å². The fraction of sp³-hybridized carbons (Fsp3) is 0.0667. The van der Waals surface area contributed by atoms with Gasteiger partial charge in [-0.3, -0.25) is 4.79 Å². The molecule has 0 saturated heterocycles. The van der Waals surface area contributed by atoms with Gasteiger partial charge in [0.05, 0.1) is 6.21 Å². The number of carbonyl (C=O) groups excluding carboxylic acids is 1. The van der Waals surface area contributed by atoms with Crippen LogP contribution in [0.15, 0.2) is 47.6 Å². The van der Waals surface area contributed by atoms with Gasteiger partial charge in [0.25, 0.3) is 5.91 Å². The third kappa shape index (κ3) is 4.62. The average Bonchev–Trinajstić information content (AvgIpc) is 2.47. The van der Waals surface area contributed by atoms with E-state index in [0.717, 1.165) is 18.3 Å². The van der Waals surface area contributed by atoms with Crippen molar-refractivity contribution in [3.8, 4) is 5.75 Å². The lowest BCUT2D eigenvalue weighted by molar-refractivity contribution is -0.123. The van der Waals surface area contributed by atoms with Gasteiger partial charge in [-0.15, -0.1) is 0 Å². The monoisotopic (exact) mass is 308 g/mol. The van der Waals surface area contributed by atoms with E-state index in [1.165, 1.54) is 24.3 Å². The second-order valence-electron chi connectivity index (χ2n) is 4.21. The van der Waals surface area contributed by atoms with Crippen LogP contribution in [0.3, 0.4) is 0 Å². The molecule has 0 radical (unpaired) electrons. The second-order valence-corrected chi connectivity index (χ2v) is 4.21. The molecule has 7 heteroatoms. The Balaban J connectivity index is 1.83. The van der Waals surface area contributed by atoms with Gasteiger partial charge >= 0.3 is 0 Å². The number of benzene rings is 2. The maximum Gasteiger partial charge on any atom is 0.277 e. The fourth-order valence-electron chi connectivity index (χ4n) is 1.52. The number of ether oxygens (including phenoxy) is 1. The van der Waals surface area contributed by atoms with E-state index in [1.807, 2.05) is 0 Å². The number of rotatable bonds is 5. The zero-order valence-corrected chi connectivity index (χ0v) is 11.2. The second kappa shape index (κ2) is 7.26. The van der Waals surface area contributed by atoms with E-state index in [0.29, 0.717) is 6.07 Å². The largest absolute Gasteiger partial charge is 0.484 e. The van der Waals surface area contributed by atoms with Crippen LogP contribution in [0.1, 0.15) is 5.56 Å². The standard InChI is InChI=1S/C15H11F3N2O2/c16-11-2-1-3-13(6-11)22-9-15(21)20-19-8-10-4-5-12(17)7-14(10)18/h1-8H,9H2,(H,20,21)/b19-8-. The predicted octanol–water partition coefficient (Wildman–Crippen LogP) is 2.63. The van der Waals surface area contributed by atoms with Gasteiger partial charge in [0.1, 0.15) is 23.2 Å². The maximum absolute atomic E-state index is 13.3. The third-order valence-electron chi connectivity index (χ3n) is 2.52. The van der Waals surface area contributed by atoms with Gasteiger partial charge < -0.3 is 4.74 Å². The lowest BCUT2D eigenvalue weighted by Crippen LogP contribution is -2.24. The van der Waals surface area contributed by atoms with Crippen LogP contribution in [0.4, 0.5) is 13.2 Å². The van der Waals surface area contributed by atoms with Crippen molar-refractivity contribution < 1.29 is 22.7 Å². The van der Waals surface area contributed by atoms with Gasteiger partial charge in [-0.1, -0.05) is 6.07 Å². The Hall–Kier alpha value is -2.83. The van der Waals surface area contributed by atoms with Gasteiger partial charge in [-0.25, -0.2) is 18.6 Å². The Morgan fingerprint density at radius 2 is 1.91 bits per heavy atom. The Morgan fingerprint density at radius 3 is 2.64 bits per heavy atom. The van der Waals surface area contributed by atoms with E-state index < -0.39 is 23.4 Å². The van der Waals surface area contributed by atoms with Crippen LogP contribution < -0.4 is 10.2 Å². The van der Waals surface area contributed by atoms with Crippen LogP contribution in [0.5, 0.6) is 5.75 Å². The highest BCUT2D eigenvalue weighted by molar-refractivity contribution is 5.83. The number of amides is 1. The van der Waals surface area contributed by atoms with Gasteiger partial charge in [0, 0.05) is 17.7 Å². The van der Waals surface area contributed by atoms with Gasteiger partial charge in [0.15, 0.2) is 6.61 Å². The Labute approximate surface area is 124 Å². The maximum atomic E-state index is 13.3. The zero-order chi connectivity index (χ0) is 15.9. The predicted molar refractivity (Wildman–Crippen MR) is 74.0 cm³/mol. The molecule has 0 unspecified atom stereocenters. The van der Waals surface area contributed by atoms with E-state index in [1.54, 1.807) is 0 Å². The molecule has 0 bridgehead atoms. The van der Waals surface area contributed by atoms with Crippen molar-refractivity contribution in [3.05, 3.63) is 65.5 Å². The molecule has 0 aliphatic carbocycles. The number of hydrogen-bond acceptors (Lipinski definition) is 3. The fourth-order valence-corrected chi connectivity index (χ4v) is 1.52. The number of hydrazone groups is 1. The van der Waals surface area contributed by atoms with Crippen LogP contribution in [0.25, 0.3) is 0 Å². The van der Waals surface area contributed by atoms with Gasteiger partial charge in [-0.05, 0) is 24.3 Å². The first-order valence-corrected chi connectivity index (χ1v) is 6.20. The number of halogens is 3. The summed E-state index contributed by atoms with van der Waals surface area (Å²) in [6, 6.07) is 8.27. The minimum absolute atomic E-state index is 0.0211. The summed E-state index contributed by atoms with van der Waals surface area (Å²) < 4.78 is 43.9. The number of hydrogen-bond donors (Lipinski definition) is 1. The summed E-state index contributed by atoms with van der Waals surface area (Å²) in [6.45, 7) is -0.382. The van der Waals surface area contributed by atoms with Crippen molar-refractivity contribution in [2.45, 2.75) is 0 Å². The van der Waals surface area contributed by atoms with E-state index in [-0.39, 0.29) is 17.9 Å². The minimum atomic E-state index is -0.797. The molecule has 114 valence electrons. The smallest absolute Gasteiger partial charge is 0.277 e. The molecule has 0 aliphatic heterocycles. The molecule has 0 saturated carbocycles. The summed E-state index contributed by atoms with van der Waals surface area (Å²) in [5.41, 5.74) is 2.13. The average molecular weight is 308 g/mol. The molecule has 1 N–H and O–H groups in total. The highest BCUT2D eigenvalue weighted by Crippen LogP contribution is 2.11. The van der Waals surface area contributed by atoms with Crippen LogP contribution in [-0.2, 0) is 4.79 Å². The van der Waals surface area contributed by atoms with Crippen LogP contribution in [0.2, 0.25) is 0 Å². The topological polar surface area (TPSA) is 50.7 Å². The molecule has 4 nitrogen and oxygen atoms in total. The molecule has 2 aromatic carbocycles. The molecule has 2 aromatic rings. The first-order chi connectivity index (χ1) is 10.5. The van der Waals surface area contributed by atoms with Crippen LogP contribution in [0, 0.1) is 17.5 Å². The van der Waals surface area contributed by atoms with Crippen molar-refractivity contribution in [2.24, 2.45) is 5.10 Å².